The Morgan fingerprint density at radius 3 is 3.15 bits per heavy atom. The third-order valence-electron chi connectivity index (χ3n) is 4.00. The summed E-state index contributed by atoms with van der Waals surface area (Å²) in [5, 5.41) is 4.18. The largest absolute Gasteiger partial charge is 0.385 e. The summed E-state index contributed by atoms with van der Waals surface area (Å²) in [7, 11) is 1.74. The number of amides is 1. The van der Waals surface area contributed by atoms with Crippen LogP contribution in [0.5, 0.6) is 0 Å². The summed E-state index contributed by atoms with van der Waals surface area (Å²) in [6.45, 7) is 5.30. The van der Waals surface area contributed by atoms with Crippen molar-refractivity contribution in [3.8, 4) is 0 Å². The Labute approximate surface area is 120 Å². The first-order chi connectivity index (χ1) is 9.76. The standard InChI is InChI=1S/C15H25N3O2/c1-3-18-14(8-9-16-18)15(19)17-10-4-6-13(12-17)7-5-11-20-2/h8-9,13H,3-7,10-12H2,1-2H3/t13-/m1/s1. The molecule has 5 heteroatoms. The Hall–Kier alpha value is -1.36. The Morgan fingerprint density at radius 2 is 2.40 bits per heavy atom. The fourth-order valence-corrected chi connectivity index (χ4v) is 2.93. The van der Waals surface area contributed by atoms with E-state index >= 15 is 0 Å². The molecule has 20 heavy (non-hydrogen) atoms. The lowest BCUT2D eigenvalue weighted by atomic mass is 9.93. The van der Waals surface area contributed by atoms with Gasteiger partial charge in [0.25, 0.3) is 5.91 Å². The van der Waals surface area contributed by atoms with E-state index in [4.69, 9.17) is 4.74 Å². The fraction of sp³-hybridized carbons (Fsp3) is 0.733. The number of aryl methyl sites for hydroxylation is 1. The van der Waals surface area contributed by atoms with Crippen molar-refractivity contribution in [1.29, 1.82) is 0 Å². The zero-order valence-electron chi connectivity index (χ0n) is 12.5. The first kappa shape index (κ1) is 15.0. The van der Waals surface area contributed by atoms with E-state index in [9.17, 15) is 4.79 Å². The van der Waals surface area contributed by atoms with Crippen LogP contribution in [0.25, 0.3) is 0 Å². The summed E-state index contributed by atoms with van der Waals surface area (Å²) >= 11 is 0. The molecule has 0 saturated carbocycles. The molecule has 1 amide bonds. The molecule has 0 bridgehead atoms. The lowest BCUT2D eigenvalue weighted by Crippen LogP contribution is -2.40. The van der Waals surface area contributed by atoms with Crippen molar-refractivity contribution in [2.45, 2.75) is 39.2 Å². The van der Waals surface area contributed by atoms with E-state index in [0.717, 1.165) is 45.5 Å². The van der Waals surface area contributed by atoms with E-state index in [1.54, 1.807) is 18.0 Å². The highest BCUT2D eigenvalue weighted by molar-refractivity contribution is 5.92. The zero-order valence-corrected chi connectivity index (χ0v) is 12.5. The minimum Gasteiger partial charge on any atom is -0.385 e. The van der Waals surface area contributed by atoms with Gasteiger partial charge in [0.15, 0.2) is 0 Å². The van der Waals surface area contributed by atoms with Crippen LogP contribution in [0.2, 0.25) is 0 Å². The predicted octanol–water partition coefficient (Wildman–Crippen LogP) is 2.18. The molecule has 5 nitrogen and oxygen atoms in total. The van der Waals surface area contributed by atoms with Gasteiger partial charge in [-0.05, 0) is 44.6 Å². The maximum Gasteiger partial charge on any atom is 0.272 e. The molecule has 1 aliphatic rings. The van der Waals surface area contributed by atoms with Gasteiger partial charge in [-0.1, -0.05) is 0 Å². The Balaban J connectivity index is 1.93. The van der Waals surface area contributed by atoms with Crippen LogP contribution in [-0.4, -0.2) is 47.4 Å². The molecule has 0 N–H and O–H groups in total. The quantitative estimate of drug-likeness (QED) is 0.750. The van der Waals surface area contributed by atoms with Crippen molar-refractivity contribution >= 4 is 5.91 Å². The minimum absolute atomic E-state index is 0.126. The molecule has 0 spiro atoms. The van der Waals surface area contributed by atoms with Crippen LogP contribution >= 0.6 is 0 Å². The SMILES string of the molecule is CCn1nccc1C(=O)N1CCC[C@H](CCCOC)C1. The molecular formula is C15H25N3O2. The summed E-state index contributed by atoms with van der Waals surface area (Å²) in [4.78, 5) is 14.5. The molecule has 0 unspecified atom stereocenters. The molecule has 0 aromatic carbocycles. The number of hydrogen-bond donors (Lipinski definition) is 0. The van der Waals surface area contributed by atoms with Crippen LogP contribution in [0.4, 0.5) is 0 Å². The van der Waals surface area contributed by atoms with Gasteiger partial charge in [-0.25, -0.2) is 0 Å². The molecule has 0 radical (unpaired) electrons. The highest BCUT2D eigenvalue weighted by Gasteiger charge is 2.25. The summed E-state index contributed by atoms with van der Waals surface area (Å²) in [6, 6.07) is 1.82. The molecular weight excluding hydrogens is 254 g/mol. The van der Waals surface area contributed by atoms with Crippen molar-refractivity contribution in [2.75, 3.05) is 26.8 Å². The van der Waals surface area contributed by atoms with Gasteiger partial charge in [0.1, 0.15) is 5.69 Å². The monoisotopic (exact) mass is 279 g/mol. The number of carbonyl (C=O) groups excluding carboxylic acids is 1. The van der Waals surface area contributed by atoms with Gasteiger partial charge in [0.05, 0.1) is 0 Å². The first-order valence-corrected chi connectivity index (χ1v) is 7.56. The number of likely N-dealkylation sites (tertiary alicyclic amines) is 1. The lowest BCUT2D eigenvalue weighted by molar-refractivity contribution is 0.0648. The van der Waals surface area contributed by atoms with Gasteiger partial charge in [-0.3, -0.25) is 9.48 Å². The Bertz CT molecular complexity index is 431. The predicted molar refractivity (Wildman–Crippen MR) is 77.6 cm³/mol. The van der Waals surface area contributed by atoms with Crippen molar-refractivity contribution in [1.82, 2.24) is 14.7 Å². The smallest absolute Gasteiger partial charge is 0.272 e. The van der Waals surface area contributed by atoms with E-state index < -0.39 is 0 Å². The van der Waals surface area contributed by atoms with Crippen LogP contribution in [0.3, 0.4) is 0 Å². The lowest BCUT2D eigenvalue weighted by Gasteiger charge is -2.32. The van der Waals surface area contributed by atoms with Gasteiger partial charge >= 0.3 is 0 Å². The third kappa shape index (κ3) is 3.60. The number of piperidine rings is 1. The number of methoxy groups -OCH3 is 1. The number of aromatic nitrogens is 2. The molecule has 1 aromatic rings. The number of ether oxygens (including phenoxy) is 1. The average Bonchev–Trinajstić information content (AvgIpc) is 2.95. The molecule has 1 aromatic heterocycles. The molecule has 1 aliphatic heterocycles. The normalized spacial score (nSPS) is 19.3. The first-order valence-electron chi connectivity index (χ1n) is 7.56. The second-order valence-electron chi connectivity index (χ2n) is 5.43. The van der Waals surface area contributed by atoms with E-state index in [2.05, 4.69) is 5.10 Å². The average molecular weight is 279 g/mol. The maximum absolute atomic E-state index is 12.6. The summed E-state index contributed by atoms with van der Waals surface area (Å²) in [5.41, 5.74) is 0.713. The third-order valence-corrected chi connectivity index (χ3v) is 4.00. The number of hydrogen-bond acceptors (Lipinski definition) is 3. The highest BCUT2D eigenvalue weighted by atomic mass is 16.5. The van der Waals surface area contributed by atoms with Crippen molar-refractivity contribution in [2.24, 2.45) is 5.92 Å². The minimum atomic E-state index is 0.126. The van der Waals surface area contributed by atoms with E-state index in [0.29, 0.717) is 11.6 Å². The summed E-state index contributed by atoms with van der Waals surface area (Å²) in [5.74, 6) is 0.738. The van der Waals surface area contributed by atoms with Crippen LogP contribution in [0, 0.1) is 5.92 Å². The van der Waals surface area contributed by atoms with E-state index in [-0.39, 0.29) is 5.91 Å². The zero-order chi connectivity index (χ0) is 14.4. The fourth-order valence-electron chi connectivity index (χ4n) is 2.93. The molecule has 2 heterocycles. The molecule has 2 rings (SSSR count). The molecule has 1 atom stereocenters. The summed E-state index contributed by atoms with van der Waals surface area (Å²) < 4.78 is 6.88. The van der Waals surface area contributed by atoms with Crippen LogP contribution in [0.1, 0.15) is 43.1 Å². The molecule has 0 aliphatic carbocycles. The number of nitrogens with zero attached hydrogens (tertiary/aromatic N) is 3. The van der Waals surface area contributed by atoms with E-state index in [1.807, 2.05) is 17.9 Å². The number of carbonyl (C=O) groups is 1. The van der Waals surface area contributed by atoms with Gasteiger partial charge in [-0.15, -0.1) is 0 Å². The van der Waals surface area contributed by atoms with Crippen molar-refractivity contribution < 1.29 is 9.53 Å². The maximum atomic E-state index is 12.6. The van der Waals surface area contributed by atoms with Gasteiger partial charge < -0.3 is 9.64 Å². The Kier molecular flexibility index (Phi) is 5.59. The van der Waals surface area contributed by atoms with Crippen molar-refractivity contribution in [3.05, 3.63) is 18.0 Å². The van der Waals surface area contributed by atoms with Crippen molar-refractivity contribution in [3.63, 3.8) is 0 Å². The summed E-state index contributed by atoms with van der Waals surface area (Å²) in [6.07, 6.45) is 6.25. The van der Waals surface area contributed by atoms with Crippen LogP contribution < -0.4 is 0 Å². The second kappa shape index (κ2) is 7.43. The number of rotatable bonds is 6. The topological polar surface area (TPSA) is 47.4 Å². The van der Waals surface area contributed by atoms with Gasteiger partial charge in [-0.2, -0.15) is 5.10 Å². The van der Waals surface area contributed by atoms with Crippen LogP contribution in [0.15, 0.2) is 12.3 Å². The molecule has 112 valence electrons. The Morgan fingerprint density at radius 1 is 1.55 bits per heavy atom. The van der Waals surface area contributed by atoms with Crippen LogP contribution in [-0.2, 0) is 11.3 Å². The van der Waals surface area contributed by atoms with Gasteiger partial charge in [0.2, 0.25) is 0 Å². The molecule has 1 saturated heterocycles. The molecule has 1 fully saturated rings. The highest BCUT2D eigenvalue weighted by Crippen LogP contribution is 2.22. The second-order valence-corrected chi connectivity index (χ2v) is 5.43. The van der Waals surface area contributed by atoms with E-state index in [1.165, 1.54) is 6.42 Å². The van der Waals surface area contributed by atoms with Gasteiger partial charge in [0, 0.05) is 39.5 Å².